The molecule has 3 heteroatoms. The molecule has 0 saturated carbocycles. The number of aryl methyl sites for hydroxylation is 2. The second-order valence-electron chi connectivity index (χ2n) is 4.26. The summed E-state index contributed by atoms with van der Waals surface area (Å²) in [6.07, 6.45) is 7.19. The van der Waals surface area contributed by atoms with Crippen molar-refractivity contribution in [2.24, 2.45) is 5.73 Å². The van der Waals surface area contributed by atoms with Crippen LogP contribution in [0.2, 0.25) is 0 Å². The van der Waals surface area contributed by atoms with E-state index in [1.165, 1.54) is 17.7 Å². The summed E-state index contributed by atoms with van der Waals surface area (Å²) in [5, 5.41) is 0. The van der Waals surface area contributed by atoms with Gasteiger partial charge in [0.15, 0.2) is 0 Å². The number of aromatic nitrogens is 2. The van der Waals surface area contributed by atoms with Crippen LogP contribution in [0.4, 0.5) is 0 Å². The molecule has 0 aliphatic heterocycles. The molecule has 0 atom stereocenters. The zero-order valence-electron chi connectivity index (χ0n) is 10.3. The molecule has 1 heterocycles. The van der Waals surface area contributed by atoms with Crippen LogP contribution < -0.4 is 5.73 Å². The van der Waals surface area contributed by atoms with Gasteiger partial charge in [0.2, 0.25) is 0 Å². The Labute approximate surface area is 102 Å². The number of nitrogens with two attached hydrogens (primary N) is 1. The maximum absolute atomic E-state index is 5.49. The van der Waals surface area contributed by atoms with Crippen LogP contribution in [0.5, 0.6) is 0 Å². The van der Waals surface area contributed by atoms with Crippen molar-refractivity contribution in [1.29, 1.82) is 0 Å². The summed E-state index contributed by atoms with van der Waals surface area (Å²) in [6.45, 7) is 2.79. The van der Waals surface area contributed by atoms with Gasteiger partial charge in [0.05, 0.1) is 0 Å². The summed E-state index contributed by atoms with van der Waals surface area (Å²) in [5.74, 6) is 1.01. The SMILES string of the molecule is Cc1nccn1-c1ccc(CCCCN)cc1. The molecule has 90 valence electrons. The van der Waals surface area contributed by atoms with Gasteiger partial charge in [0.25, 0.3) is 0 Å². The first-order valence-electron chi connectivity index (χ1n) is 6.10. The maximum atomic E-state index is 5.49. The number of hydrogen-bond donors (Lipinski definition) is 1. The van der Waals surface area contributed by atoms with Crippen molar-refractivity contribution in [3.8, 4) is 5.69 Å². The third-order valence-corrected chi connectivity index (χ3v) is 2.96. The van der Waals surface area contributed by atoms with Gasteiger partial charge in [-0.1, -0.05) is 12.1 Å². The average molecular weight is 229 g/mol. The van der Waals surface area contributed by atoms with Crippen molar-refractivity contribution in [3.63, 3.8) is 0 Å². The minimum atomic E-state index is 0.784. The van der Waals surface area contributed by atoms with E-state index in [4.69, 9.17) is 5.73 Å². The summed E-state index contributed by atoms with van der Waals surface area (Å²) in [7, 11) is 0. The van der Waals surface area contributed by atoms with E-state index in [1.807, 2.05) is 19.3 Å². The molecule has 0 aliphatic carbocycles. The lowest BCUT2D eigenvalue weighted by atomic mass is 10.1. The van der Waals surface area contributed by atoms with Crippen LogP contribution in [-0.2, 0) is 6.42 Å². The van der Waals surface area contributed by atoms with E-state index >= 15 is 0 Å². The number of rotatable bonds is 5. The smallest absolute Gasteiger partial charge is 0.110 e. The van der Waals surface area contributed by atoms with E-state index < -0.39 is 0 Å². The topological polar surface area (TPSA) is 43.8 Å². The van der Waals surface area contributed by atoms with Crippen molar-refractivity contribution >= 4 is 0 Å². The van der Waals surface area contributed by atoms with Crippen LogP contribution in [0.1, 0.15) is 24.2 Å². The van der Waals surface area contributed by atoms with Crippen LogP contribution in [0.25, 0.3) is 5.69 Å². The predicted molar refractivity (Wildman–Crippen MR) is 70.3 cm³/mol. The van der Waals surface area contributed by atoms with Crippen molar-refractivity contribution in [2.45, 2.75) is 26.2 Å². The Morgan fingerprint density at radius 2 is 1.94 bits per heavy atom. The van der Waals surface area contributed by atoms with Crippen LogP contribution in [-0.4, -0.2) is 16.1 Å². The molecular formula is C14H19N3. The lowest BCUT2D eigenvalue weighted by molar-refractivity contribution is 0.744. The number of benzene rings is 1. The van der Waals surface area contributed by atoms with E-state index in [9.17, 15) is 0 Å². The highest BCUT2D eigenvalue weighted by molar-refractivity contribution is 5.35. The van der Waals surface area contributed by atoms with Gasteiger partial charge in [-0.25, -0.2) is 4.98 Å². The monoisotopic (exact) mass is 229 g/mol. The lowest BCUT2D eigenvalue weighted by Gasteiger charge is -2.06. The second-order valence-corrected chi connectivity index (χ2v) is 4.26. The lowest BCUT2D eigenvalue weighted by Crippen LogP contribution is -1.99. The number of nitrogens with zero attached hydrogens (tertiary/aromatic N) is 2. The first kappa shape index (κ1) is 11.9. The Kier molecular flexibility index (Phi) is 3.94. The van der Waals surface area contributed by atoms with Gasteiger partial charge in [-0.15, -0.1) is 0 Å². The zero-order valence-corrected chi connectivity index (χ0v) is 10.3. The molecule has 1 aromatic heterocycles. The largest absolute Gasteiger partial charge is 0.330 e. The molecule has 0 amide bonds. The van der Waals surface area contributed by atoms with Crippen molar-refractivity contribution < 1.29 is 0 Å². The summed E-state index contributed by atoms with van der Waals surface area (Å²) in [6, 6.07) is 8.66. The number of imidazole rings is 1. The fraction of sp³-hybridized carbons (Fsp3) is 0.357. The molecule has 0 bridgehead atoms. The molecule has 0 radical (unpaired) electrons. The first-order valence-corrected chi connectivity index (χ1v) is 6.10. The van der Waals surface area contributed by atoms with Gasteiger partial charge in [-0.05, 0) is 50.4 Å². The highest BCUT2D eigenvalue weighted by Gasteiger charge is 2.00. The standard InChI is InChI=1S/C14H19N3/c1-12-16-10-11-17(12)14-7-5-13(6-8-14)4-2-3-9-15/h5-8,10-11H,2-4,9,15H2,1H3. The molecular weight excluding hydrogens is 210 g/mol. The minimum Gasteiger partial charge on any atom is -0.330 e. The molecule has 0 aliphatic rings. The average Bonchev–Trinajstić information content (AvgIpc) is 2.77. The van der Waals surface area contributed by atoms with Gasteiger partial charge in [-0.2, -0.15) is 0 Å². The predicted octanol–water partition coefficient (Wildman–Crippen LogP) is 2.46. The molecule has 2 rings (SSSR count). The van der Waals surface area contributed by atoms with Crippen LogP contribution in [0.3, 0.4) is 0 Å². The van der Waals surface area contributed by atoms with E-state index in [1.54, 1.807) is 0 Å². The zero-order chi connectivity index (χ0) is 12.1. The molecule has 3 nitrogen and oxygen atoms in total. The summed E-state index contributed by atoms with van der Waals surface area (Å²) < 4.78 is 2.09. The van der Waals surface area contributed by atoms with Crippen LogP contribution in [0.15, 0.2) is 36.7 Å². The number of unbranched alkanes of at least 4 members (excludes halogenated alkanes) is 1. The van der Waals surface area contributed by atoms with Gasteiger partial charge < -0.3 is 10.3 Å². The fourth-order valence-electron chi connectivity index (χ4n) is 1.95. The van der Waals surface area contributed by atoms with Crippen molar-refractivity contribution in [1.82, 2.24) is 9.55 Å². The molecule has 2 N–H and O–H groups in total. The van der Waals surface area contributed by atoms with Crippen molar-refractivity contribution in [3.05, 3.63) is 48.0 Å². The summed E-state index contributed by atoms with van der Waals surface area (Å²) >= 11 is 0. The van der Waals surface area contributed by atoms with Gasteiger partial charge >= 0.3 is 0 Å². The first-order chi connectivity index (χ1) is 8.31. The van der Waals surface area contributed by atoms with E-state index in [0.29, 0.717) is 0 Å². The summed E-state index contributed by atoms with van der Waals surface area (Å²) in [4.78, 5) is 4.23. The van der Waals surface area contributed by atoms with Crippen LogP contribution in [0, 0.1) is 6.92 Å². The molecule has 0 saturated heterocycles. The Balaban J connectivity index is 2.06. The molecule has 17 heavy (non-hydrogen) atoms. The fourth-order valence-corrected chi connectivity index (χ4v) is 1.95. The van der Waals surface area contributed by atoms with Crippen LogP contribution >= 0.6 is 0 Å². The number of hydrogen-bond acceptors (Lipinski definition) is 2. The quantitative estimate of drug-likeness (QED) is 0.800. The minimum absolute atomic E-state index is 0.784. The Hall–Kier alpha value is -1.61. The van der Waals surface area contributed by atoms with E-state index in [-0.39, 0.29) is 0 Å². The molecule has 0 fully saturated rings. The Morgan fingerprint density at radius 3 is 2.53 bits per heavy atom. The highest BCUT2D eigenvalue weighted by atomic mass is 15.1. The third kappa shape index (κ3) is 2.94. The van der Waals surface area contributed by atoms with E-state index in [2.05, 4.69) is 33.8 Å². The Bertz CT molecular complexity index is 457. The van der Waals surface area contributed by atoms with Gasteiger partial charge in [0, 0.05) is 18.1 Å². The Morgan fingerprint density at radius 1 is 1.18 bits per heavy atom. The van der Waals surface area contributed by atoms with Gasteiger partial charge in [0.1, 0.15) is 5.82 Å². The van der Waals surface area contributed by atoms with Crippen molar-refractivity contribution in [2.75, 3.05) is 6.54 Å². The summed E-state index contributed by atoms with van der Waals surface area (Å²) in [5.41, 5.74) is 8.03. The molecule has 1 aromatic carbocycles. The molecule has 0 unspecified atom stereocenters. The van der Waals surface area contributed by atoms with Gasteiger partial charge in [-0.3, -0.25) is 0 Å². The third-order valence-electron chi connectivity index (χ3n) is 2.96. The molecule has 2 aromatic rings. The van der Waals surface area contributed by atoms with E-state index in [0.717, 1.165) is 25.2 Å². The highest BCUT2D eigenvalue weighted by Crippen LogP contribution is 2.13. The normalized spacial score (nSPS) is 10.7. The molecule has 0 spiro atoms. The second kappa shape index (κ2) is 5.64. The maximum Gasteiger partial charge on any atom is 0.110 e.